The first-order valence-electron chi connectivity index (χ1n) is 5.84. The highest BCUT2D eigenvalue weighted by atomic mass is 16.5. The van der Waals surface area contributed by atoms with Crippen LogP contribution < -0.4 is 0 Å². The van der Waals surface area contributed by atoms with Crippen LogP contribution in [0.4, 0.5) is 0 Å². The fourth-order valence-corrected chi connectivity index (χ4v) is 1.79. The van der Waals surface area contributed by atoms with Crippen LogP contribution in [0.3, 0.4) is 0 Å². The summed E-state index contributed by atoms with van der Waals surface area (Å²) in [6, 6.07) is 0. The lowest BCUT2D eigenvalue weighted by atomic mass is 10.1. The van der Waals surface area contributed by atoms with Gasteiger partial charge in [0.05, 0.1) is 6.61 Å². The Morgan fingerprint density at radius 2 is 1.79 bits per heavy atom. The van der Waals surface area contributed by atoms with Crippen molar-refractivity contribution in [3.63, 3.8) is 0 Å². The molecule has 0 aromatic carbocycles. The third kappa shape index (κ3) is 5.58. The minimum absolute atomic E-state index is 0.287. The zero-order valence-corrected chi connectivity index (χ0v) is 9.08. The molecule has 0 atom stereocenters. The largest absolute Gasteiger partial charge is 0.396 e. The first-order chi connectivity index (χ1) is 6.93. The highest BCUT2D eigenvalue weighted by molar-refractivity contribution is 4.63. The van der Waals surface area contributed by atoms with Crippen molar-refractivity contribution in [3.8, 4) is 0 Å². The van der Waals surface area contributed by atoms with Gasteiger partial charge in [-0.15, -0.1) is 0 Å². The van der Waals surface area contributed by atoms with Crippen molar-refractivity contribution >= 4 is 0 Å². The second-order valence-corrected chi connectivity index (χ2v) is 3.95. The fourth-order valence-electron chi connectivity index (χ4n) is 1.79. The first-order valence-corrected chi connectivity index (χ1v) is 5.84. The van der Waals surface area contributed by atoms with E-state index in [2.05, 4.69) is 4.90 Å². The molecule has 3 nitrogen and oxygen atoms in total. The van der Waals surface area contributed by atoms with Crippen LogP contribution in [0.25, 0.3) is 0 Å². The summed E-state index contributed by atoms with van der Waals surface area (Å²) in [5, 5.41) is 8.56. The number of ether oxygens (including phenoxy) is 1. The number of nitrogens with zero attached hydrogens (tertiary/aromatic N) is 1. The Kier molecular flexibility index (Phi) is 7.01. The molecule has 0 amide bonds. The van der Waals surface area contributed by atoms with Crippen molar-refractivity contribution in [2.75, 3.05) is 39.5 Å². The van der Waals surface area contributed by atoms with E-state index in [-0.39, 0.29) is 6.61 Å². The fraction of sp³-hybridized carbons (Fsp3) is 1.00. The maximum atomic E-state index is 8.56. The van der Waals surface area contributed by atoms with Crippen LogP contribution in [-0.4, -0.2) is 49.5 Å². The van der Waals surface area contributed by atoms with E-state index in [9.17, 15) is 0 Å². The number of likely N-dealkylation sites (tertiary alicyclic amines) is 1. The van der Waals surface area contributed by atoms with E-state index < -0.39 is 0 Å². The highest BCUT2D eigenvalue weighted by Crippen LogP contribution is 2.07. The number of aliphatic hydroxyl groups excluding tert-OH is 1. The number of hydrogen-bond donors (Lipinski definition) is 1. The molecule has 0 saturated carbocycles. The molecule has 0 unspecified atom stereocenters. The summed E-state index contributed by atoms with van der Waals surface area (Å²) in [6.07, 6.45) is 5.95. The Labute approximate surface area is 87.1 Å². The van der Waals surface area contributed by atoms with Gasteiger partial charge in [-0.2, -0.15) is 0 Å². The van der Waals surface area contributed by atoms with Crippen molar-refractivity contribution in [2.24, 2.45) is 0 Å². The molecule has 1 N–H and O–H groups in total. The number of unbranched alkanes of at least 4 members (excludes halogenated alkanes) is 1. The molecule has 0 aromatic heterocycles. The molecule has 3 heteroatoms. The SMILES string of the molecule is OCCCCOCCN1CCCCC1. The standard InChI is InChI=1S/C11H23NO2/c13-9-4-5-10-14-11-8-12-6-2-1-3-7-12/h13H,1-11H2. The Morgan fingerprint density at radius 1 is 1.00 bits per heavy atom. The molecule has 1 saturated heterocycles. The summed E-state index contributed by atoms with van der Waals surface area (Å²) in [7, 11) is 0. The molecule has 1 aliphatic heterocycles. The quantitative estimate of drug-likeness (QED) is 0.629. The summed E-state index contributed by atoms with van der Waals surface area (Å²) in [5.74, 6) is 0. The summed E-state index contributed by atoms with van der Waals surface area (Å²) in [4.78, 5) is 2.48. The molecule has 1 heterocycles. The van der Waals surface area contributed by atoms with E-state index >= 15 is 0 Å². The van der Waals surface area contributed by atoms with Gasteiger partial charge in [0.2, 0.25) is 0 Å². The predicted octanol–water partition coefficient (Wildman–Crippen LogP) is 1.26. The van der Waals surface area contributed by atoms with Crippen molar-refractivity contribution < 1.29 is 9.84 Å². The molecule has 1 fully saturated rings. The van der Waals surface area contributed by atoms with Crippen LogP contribution in [0, 0.1) is 0 Å². The second-order valence-electron chi connectivity index (χ2n) is 3.95. The van der Waals surface area contributed by atoms with E-state index in [1.165, 1.54) is 32.4 Å². The van der Waals surface area contributed by atoms with Crippen LogP contribution in [-0.2, 0) is 4.74 Å². The van der Waals surface area contributed by atoms with E-state index in [1.54, 1.807) is 0 Å². The van der Waals surface area contributed by atoms with Crippen molar-refractivity contribution in [1.29, 1.82) is 0 Å². The molecule has 0 aliphatic carbocycles. The van der Waals surface area contributed by atoms with Gasteiger partial charge in [0.25, 0.3) is 0 Å². The lowest BCUT2D eigenvalue weighted by Gasteiger charge is -2.26. The minimum Gasteiger partial charge on any atom is -0.396 e. The molecule has 1 aliphatic rings. The Morgan fingerprint density at radius 3 is 2.50 bits per heavy atom. The average Bonchev–Trinajstić information content (AvgIpc) is 2.25. The third-order valence-electron chi connectivity index (χ3n) is 2.70. The van der Waals surface area contributed by atoms with Gasteiger partial charge in [-0.05, 0) is 38.8 Å². The van der Waals surface area contributed by atoms with E-state index in [1.807, 2.05) is 0 Å². The Balaban J connectivity index is 1.82. The lowest BCUT2D eigenvalue weighted by molar-refractivity contribution is 0.0914. The summed E-state index contributed by atoms with van der Waals surface area (Å²) in [5.41, 5.74) is 0. The maximum absolute atomic E-state index is 8.56. The molecular formula is C11H23NO2. The zero-order chi connectivity index (χ0) is 10.1. The number of hydrogen-bond acceptors (Lipinski definition) is 3. The molecule has 0 radical (unpaired) electrons. The molecule has 1 rings (SSSR count). The van der Waals surface area contributed by atoms with Crippen LogP contribution in [0.1, 0.15) is 32.1 Å². The van der Waals surface area contributed by atoms with Gasteiger partial charge >= 0.3 is 0 Å². The molecule has 0 bridgehead atoms. The second kappa shape index (κ2) is 8.21. The van der Waals surface area contributed by atoms with Gasteiger partial charge in [-0.25, -0.2) is 0 Å². The molecule has 0 spiro atoms. The number of rotatable bonds is 7. The van der Waals surface area contributed by atoms with E-state index in [0.29, 0.717) is 0 Å². The third-order valence-corrected chi connectivity index (χ3v) is 2.70. The van der Waals surface area contributed by atoms with Crippen LogP contribution in [0.2, 0.25) is 0 Å². The van der Waals surface area contributed by atoms with E-state index in [4.69, 9.17) is 9.84 Å². The smallest absolute Gasteiger partial charge is 0.0593 e. The van der Waals surface area contributed by atoms with Crippen molar-refractivity contribution in [3.05, 3.63) is 0 Å². The molecule has 14 heavy (non-hydrogen) atoms. The van der Waals surface area contributed by atoms with Gasteiger partial charge in [0.15, 0.2) is 0 Å². The predicted molar refractivity (Wildman–Crippen MR) is 57.4 cm³/mol. The van der Waals surface area contributed by atoms with Crippen molar-refractivity contribution in [1.82, 2.24) is 4.90 Å². The Bertz CT molecular complexity index is 124. The van der Waals surface area contributed by atoms with Gasteiger partial charge in [0.1, 0.15) is 0 Å². The normalized spacial score (nSPS) is 18.6. The summed E-state index contributed by atoms with van der Waals surface area (Å²) < 4.78 is 5.49. The van der Waals surface area contributed by atoms with Crippen LogP contribution >= 0.6 is 0 Å². The van der Waals surface area contributed by atoms with Gasteiger partial charge < -0.3 is 14.7 Å². The monoisotopic (exact) mass is 201 g/mol. The lowest BCUT2D eigenvalue weighted by Crippen LogP contribution is -2.32. The summed E-state index contributed by atoms with van der Waals surface area (Å²) >= 11 is 0. The zero-order valence-electron chi connectivity index (χ0n) is 9.08. The summed E-state index contributed by atoms with van der Waals surface area (Å²) in [6.45, 7) is 5.52. The highest BCUT2D eigenvalue weighted by Gasteiger charge is 2.08. The van der Waals surface area contributed by atoms with Gasteiger partial charge in [-0.1, -0.05) is 6.42 Å². The van der Waals surface area contributed by atoms with Gasteiger partial charge in [-0.3, -0.25) is 0 Å². The topological polar surface area (TPSA) is 32.7 Å². The van der Waals surface area contributed by atoms with Crippen molar-refractivity contribution in [2.45, 2.75) is 32.1 Å². The van der Waals surface area contributed by atoms with Crippen LogP contribution in [0.15, 0.2) is 0 Å². The molecular weight excluding hydrogens is 178 g/mol. The average molecular weight is 201 g/mol. The number of aliphatic hydroxyl groups is 1. The Hall–Kier alpha value is -0.120. The maximum Gasteiger partial charge on any atom is 0.0593 e. The van der Waals surface area contributed by atoms with Crippen LogP contribution in [0.5, 0.6) is 0 Å². The molecule has 0 aromatic rings. The molecule has 84 valence electrons. The first kappa shape index (κ1) is 12.0. The minimum atomic E-state index is 0.287. The number of piperidine rings is 1. The van der Waals surface area contributed by atoms with E-state index in [0.717, 1.165) is 32.6 Å². The van der Waals surface area contributed by atoms with Gasteiger partial charge in [0, 0.05) is 19.8 Å².